The highest BCUT2D eigenvalue weighted by Gasteiger charge is 2.57. The van der Waals surface area contributed by atoms with Crippen LogP contribution in [0, 0.1) is 5.41 Å². The summed E-state index contributed by atoms with van der Waals surface area (Å²) in [5.74, 6) is -3.02. The van der Waals surface area contributed by atoms with Gasteiger partial charge in [-0.2, -0.15) is 13.2 Å². The van der Waals surface area contributed by atoms with Crippen LogP contribution in [0.15, 0.2) is 41.7 Å². The van der Waals surface area contributed by atoms with E-state index < -0.39 is 29.4 Å². The van der Waals surface area contributed by atoms with E-state index in [0.717, 1.165) is 22.9 Å². The van der Waals surface area contributed by atoms with Crippen LogP contribution in [0.3, 0.4) is 0 Å². The number of aromatic nitrogens is 1. The third-order valence-corrected chi connectivity index (χ3v) is 5.89. The number of hydrogen-bond acceptors (Lipinski definition) is 3. The minimum absolute atomic E-state index is 0.0866. The summed E-state index contributed by atoms with van der Waals surface area (Å²) in [7, 11) is 0. The Hall–Kier alpha value is -2.77. The number of carboxylic acid groups (broad SMARTS) is 1. The maximum Gasteiger partial charge on any atom is 0.454 e. The van der Waals surface area contributed by atoms with Gasteiger partial charge >= 0.3 is 12.1 Å². The highest BCUT2D eigenvalue weighted by atomic mass is 19.4. The molecule has 0 bridgehead atoms. The van der Waals surface area contributed by atoms with Crippen molar-refractivity contribution in [2.45, 2.75) is 44.3 Å². The minimum atomic E-state index is -4.96. The first kappa shape index (κ1) is 18.6. The highest BCUT2D eigenvalue weighted by molar-refractivity contribution is 6.03. The van der Waals surface area contributed by atoms with Gasteiger partial charge in [-0.1, -0.05) is 24.6 Å². The lowest BCUT2D eigenvalue weighted by atomic mass is 9.53. The number of Topliss-reactive ketones (excluding diaryl/α,β-unsaturated/α-hetero) is 1. The number of hydrogen-bond donors (Lipinski definition) is 3. The fourth-order valence-corrected chi connectivity index (χ4v) is 4.33. The molecule has 1 aromatic heterocycles. The molecule has 1 unspecified atom stereocenters. The molecule has 1 atom stereocenters. The van der Waals surface area contributed by atoms with E-state index in [1.54, 1.807) is 6.20 Å². The first-order valence-corrected chi connectivity index (χ1v) is 9.11. The number of para-hydroxylation sites is 1. The van der Waals surface area contributed by atoms with Gasteiger partial charge in [0.05, 0.1) is 0 Å². The summed E-state index contributed by atoms with van der Waals surface area (Å²) < 4.78 is 39.1. The van der Waals surface area contributed by atoms with E-state index in [9.17, 15) is 27.9 Å². The van der Waals surface area contributed by atoms with Crippen LogP contribution in [0.2, 0.25) is 0 Å². The lowest BCUT2D eigenvalue weighted by Crippen LogP contribution is -2.52. The number of fused-ring (bicyclic) bond motifs is 1. The molecule has 3 N–H and O–H groups in total. The first-order valence-electron chi connectivity index (χ1n) is 9.11. The van der Waals surface area contributed by atoms with E-state index in [1.807, 2.05) is 24.3 Å². The van der Waals surface area contributed by atoms with Gasteiger partial charge in [-0.05, 0) is 30.9 Å². The number of halogens is 3. The van der Waals surface area contributed by atoms with Gasteiger partial charge in [-0.3, -0.25) is 4.79 Å². The zero-order valence-corrected chi connectivity index (χ0v) is 14.9. The molecule has 0 amide bonds. The van der Waals surface area contributed by atoms with Crippen molar-refractivity contribution in [2.24, 2.45) is 5.41 Å². The Balaban J connectivity index is 1.61. The van der Waals surface area contributed by atoms with Gasteiger partial charge in [0.15, 0.2) is 0 Å². The van der Waals surface area contributed by atoms with E-state index in [-0.39, 0.29) is 17.7 Å². The van der Waals surface area contributed by atoms with E-state index >= 15 is 0 Å². The number of alkyl halides is 3. The predicted molar refractivity (Wildman–Crippen MR) is 95.6 cm³/mol. The number of benzene rings is 1. The van der Waals surface area contributed by atoms with Gasteiger partial charge in [-0.25, -0.2) is 4.79 Å². The zero-order chi connectivity index (χ0) is 20.1. The van der Waals surface area contributed by atoms with Crippen LogP contribution in [0.4, 0.5) is 13.2 Å². The number of carboxylic acids is 1. The molecule has 1 fully saturated rings. The molecule has 28 heavy (non-hydrogen) atoms. The predicted octanol–water partition coefficient (Wildman–Crippen LogP) is 3.71. The second-order valence-corrected chi connectivity index (χ2v) is 7.59. The van der Waals surface area contributed by atoms with Crippen molar-refractivity contribution in [3.63, 3.8) is 0 Å². The average Bonchev–Trinajstić information content (AvgIpc) is 2.97. The summed E-state index contributed by atoms with van der Waals surface area (Å²) in [4.78, 5) is 26.7. The number of carbonyl (C=O) groups is 2. The SMILES string of the molecule is O=C(O)C(Cc1c[nH]c2ccccc12)NC1=C(C(=O)C(F)(F)F)C2(CCC2)C1. The number of nitrogens with one attached hydrogen (secondary N) is 2. The summed E-state index contributed by atoms with van der Waals surface area (Å²) in [5, 5.41) is 13.2. The van der Waals surface area contributed by atoms with Gasteiger partial charge in [0.25, 0.3) is 5.78 Å². The van der Waals surface area contributed by atoms with Crippen LogP contribution in [0.25, 0.3) is 10.9 Å². The number of ketones is 1. The second kappa shape index (κ2) is 6.39. The molecule has 5 nitrogen and oxygen atoms in total. The van der Waals surface area contributed by atoms with Crippen molar-refractivity contribution >= 4 is 22.7 Å². The van der Waals surface area contributed by atoms with Crippen LogP contribution in [0.1, 0.15) is 31.2 Å². The molecule has 0 radical (unpaired) electrons. The van der Waals surface area contributed by atoms with E-state index in [0.29, 0.717) is 19.3 Å². The fourth-order valence-electron chi connectivity index (χ4n) is 4.33. The second-order valence-electron chi connectivity index (χ2n) is 7.59. The Morgan fingerprint density at radius 2 is 1.96 bits per heavy atom. The van der Waals surface area contributed by atoms with Gasteiger partial charge in [0.1, 0.15) is 6.04 Å². The summed E-state index contributed by atoms with van der Waals surface area (Å²) in [6.45, 7) is 0. The Morgan fingerprint density at radius 3 is 2.57 bits per heavy atom. The first-order chi connectivity index (χ1) is 13.2. The van der Waals surface area contributed by atoms with E-state index in [2.05, 4.69) is 10.3 Å². The summed E-state index contributed by atoms with van der Waals surface area (Å²) in [6, 6.07) is 6.27. The van der Waals surface area contributed by atoms with Gasteiger partial charge in [-0.15, -0.1) is 0 Å². The summed E-state index contributed by atoms with van der Waals surface area (Å²) in [6.07, 6.45) is -1.02. The largest absolute Gasteiger partial charge is 0.480 e. The maximum atomic E-state index is 13.0. The number of rotatable bonds is 6. The van der Waals surface area contributed by atoms with Gasteiger partial charge < -0.3 is 15.4 Å². The summed E-state index contributed by atoms with van der Waals surface area (Å²) in [5.41, 5.74) is 0.729. The quantitative estimate of drug-likeness (QED) is 0.700. The standard InChI is InChI=1S/C20H19F3N2O3/c21-20(22,23)17(26)16-15(9-19(16)6-3-7-19)25-14(18(27)28)8-11-10-24-13-5-2-1-4-12(11)13/h1-2,4-5,10,14,24-25H,3,6-9H2,(H,27,28). The molecule has 1 heterocycles. The molecular weight excluding hydrogens is 373 g/mol. The Labute approximate surface area is 158 Å². The molecule has 8 heteroatoms. The Morgan fingerprint density at radius 1 is 1.25 bits per heavy atom. The monoisotopic (exact) mass is 392 g/mol. The van der Waals surface area contributed by atoms with Crippen molar-refractivity contribution < 1.29 is 27.9 Å². The number of allylic oxidation sites excluding steroid dienone is 2. The van der Waals surface area contributed by atoms with Crippen molar-refractivity contribution in [2.75, 3.05) is 0 Å². The van der Waals surface area contributed by atoms with Crippen molar-refractivity contribution in [3.05, 3.63) is 47.3 Å². The van der Waals surface area contributed by atoms with Crippen molar-refractivity contribution in [1.29, 1.82) is 0 Å². The molecule has 1 aromatic carbocycles. The topological polar surface area (TPSA) is 82.2 Å². The Bertz CT molecular complexity index is 986. The normalized spacial score (nSPS) is 19.2. The number of H-pyrrole nitrogens is 1. The lowest BCUT2D eigenvalue weighted by molar-refractivity contribution is -0.169. The van der Waals surface area contributed by atoms with Crippen LogP contribution in [-0.2, 0) is 16.0 Å². The third-order valence-electron chi connectivity index (χ3n) is 5.89. The van der Waals surface area contributed by atoms with Gasteiger partial charge in [0, 0.05) is 40.2 Å². The number of aliphatic carboxylic acids is 1. The minimum Gasteiger partial charge on any atom is -0.480 e. The molecule has 1 saturated carbocycles. The molecule has 2 aliphatic carbocycles. The molecular formula is C20H19F3N2O3. The van der Waals surface area contributed by atoms with E-state index in [4.69, 9.17) is 0 Å². The van der Waals surface area contributed by atoms with E-state index in [1.165, 1.54) is 0 Å². The molecule has 4 rings (SSSR count). The molecule has 2 aromatic rings. The van der Waals surface area contributed by atoms with Crippen LogP contribution in [-0.4, -0.2) is 34.1 Å². The van der Waals surface area contributed by atoms with Crippen molar-refractivity contribution in [3.8, 4) is 0 Å². The van der Waals surface area contributed by atoms with Gasteiger partial charge in [0.2, 0.25) is 0 Å². The molecule has 0 aliphatic heterocycles. The average molecular weight is 392 g/mol. The maximum absolute atomic E-state index is 13.0. The third kappa shape index (κ3) is 2.96. The summed E-state index contributed by atoms with van der Waals surface area (Å²) >= 11 is 0. The van der Waals surface area contributed by atoms with Crippen LogP contribution < -0.4 is 5.32 Å². The Kier molecular flexibility index (Phi) is 4.24. The molecule has 0 saturated heterocycles. The number of aromatic amines is 1. The molecule has 1 spiro atoms. The van der Waals surface area contributed by atoms with Crippen molar-refractivity contribution in [1.82, 2.24) is 10.3 Å². The van der Waals surface area contributed by atoms with Crippen LogP contribution in [0.5, 0.6) is 0 Å². The molecule has 2 aliphatic rings. The molecule has 148 valence electrons. The smallest absolute Gasteiger partial charge is 0.454 e. The fraction of sp³-hybridized carbons (Fsp3) is 0.400. The number of carbonyl (C=O) groups excluding carboxylic acids is 1. The lowest BCUT2D eigenvalue weighted by Gasteiger charge is -2.52. The zero-order valence-electron chi connectivity index (χ0n) is 14.9. The van der Waals surface area contributed by atoms with Crippen LogP contribution >= 0.6 is 0 Å². The highest BCUT2D eigenvalue weighted by Crippen LogP contribution is 2.60.